The van der Waals surface area contributed by atoms with E-state index in [9.17, 15) is 10.2 Å². The molecule has 0 heterocycles. The summed E-state index contributed by atoms with van der Waals surface area (Å²) in [5.41, 5.74) is 2.29. The summed E-state index contributed by atoms with van der Waals surface area (Å²) in [6, 6.07) is 1.75. The van der Waals surface area contributed by atoms with Crippen molar-refractivity contribution < 1.29 is 10.2 Å². The number of rotatable bonds is 4. The molecule has 2 N–H and O–H groups in total. The molecule has 2 nitrogen and oxygen atoms in total. The minimum Gasteiger partial charge on any atom is -0.508 e. The zero-order valence-corrected chi connectivity index (χ0v) is 14.8. The maximum atomic E-state index is 10.8. The molecule has 0 saturated carbocycles. The van der Waals surface area contributed by atoms with Crippen LogP contribution in [0.2, 0.25) is 0 Å². The molecule has 120 valence electrons. The molecule has 0 bridgehead atoms. The summed E-state index contributed by atoms with van der Waals surface area (Å²) >= 11 is 0. The first-order valence-electron chi connectivity index (χ1n) is 8.09. The topological polar surface area (TPSA) is 40.5 Å². The van der Waals surface area contributed by atoms with Gasteiger partial charge in [0.05, 0.1) is 0 Å². The van der Waals surface area contributed by atoms with Crippen molar-refractivity contribution in [3.8, 4) is 11.5 Å². The monoisotopic (exact) mass is 292 g/mol. The first kappa shape index (κ1) is 17.9. The minimum absolute atomic E-state index is 0.181. The predicted molar refractivity (Wildman–Crippen MR) is 90.4 cm³/mol. The van der Waals surface area contributed by atoms with Gasteiger partial charge in [-0.15, -0.1) is 0 Å². The normalized spacial score (nSPS) is 12.7. The van der Waals surface area contributed by atoms with Gasteiger partial charge in [0.1, 0.15) is 11.5 Å². The third-order valence-corrected chi connectivity index (χ3v) is 3.97. The largest absolute Gasteiger partial charge is 0.508 e. The van der Waals surface area contributed by atoms with Gasteiger partial charge < -0.3 is 10.2 Å². The molecule has 0 spiro atoms. The van der Waals surface area contributed by atoms with E-state index in [1.54, 1.807) is 6.07 Å². The average molecular weight is 292 g/mol. The molecule has 0 aromatic heterocycles. The highest BCUT2D eigenvalue weighted by Crippen LogP contribution is 2.44. The second-order valence-corrected chi connectivity index (χ2v) is 8.10. The van der Waals surface area contributed by atoms with Crippen molar-refractivity contribution in [2.24, 2.45) is 0 Å². The molecule has 1 rings (SSSR count). The van der Waals surface area contributed by atoms with Crippen molar-refractivity contribution in [3.05, 3.63) is 22.8 Å². The van der Waals surface area contributed by atoms with Crippen LogP contribution in [-0.4, -0.2) is 10.2 Å². The molecule has 0 unspecified atom stereocenters. The molecule has 0 saturated heterocycles. The van der Waals surface area contributed by atoms with E-state index in [4.69, 9.17) is 0 Å². The molecule has 1 aromatic rings. The molecule has 1 aromatic carbocycles. The summed E-state index contributed by atoms with van der Waals surface area (Å²) in [5, 5.41) is 21.3. The molecule has 0 atom stereocenters. The van der Waals surface area contributed by atoms with Gasteiger partial charge in [0.2, 0.25) is 0 Å². The van der Waals surface area contributed by atoms with E-state index < -0.39 is 0 Å². The maximum Gasteiger partial charge on any atom is 0.123 e. The maximum absolute atomic E-state index is 10.8. The Morgan fingerprint density at radius 2 is 1.48 bits per heavy atom. The minimum atomic E-state index is -0.183. The number of hydrogen-bond acceptors (Lipinski definition) is 2. The van der Waals surface area contributed by atoms with Crippen molar-refractivity contribution in [1.82, 2.24) is 0 Å². The first-order valence-corrected chi connectivity index (χ1v) is 8.09. The van der Waals surface area contributed by atoms with Gasteiger partial charge in [-0.05, 0) is 29.7 Å². The molecule has 0 amide bonds. The van der Waals surface area contributed by atoms with Gasteiger partial charge in [-0.2, -0.15) is 0 Å². The fourth-order valence-corrected chi connectivity index (χ4v) is 2.92. The number of unbranched alkanes of at least 4 members (excludes halogenated alkanes) is 2. The van der Waals surface area contributed by atoms with Crippen LogP contribution < -0.4 is 0 Å². The molecule has 0 radical (unpaired) electrons. The lowest BCUT2D eigenvalue weighted by molar-refractivity contribution is 0.410. The van der Waals surface area contributed by atoms with E-state index in [0.717, 1.165) is 42.4 Å². The van der Waals surface area contributed by atoms with E-state index >= 15 is 0 Å². The third kappa shape index (κ3) is 4.15. The quantitative estimate of drug-likeness (QED) is 0.574. The van der Waals surface area contributed by atoms with Crippen LogP contribution in [-0.2, 0) is 17.3 Å². The highest BCUT2D eigenvalue weighted by molar-refractivity contribution is 5.57. The molecule has 0 fully saturated rings. The molecular formula is C19H32O2. The smallest absolute Gasteiger partial charge is 0.123 e. The van der Waals surface area contributed by atoms with Crippen LogP contribution >= 0.6 is 0 Å². The zero-order valence-electron chi connectivity index (χ0n) is 14.8. The Bertz CT molecular complexity index is 488. The number of benzene rings is 1. The van der Waals surface area contributed by atoms with Crippen molar-refractivity contribution in [2.45, 2.75) is 85.0 Å². The average Bonchev–Trinajstić information content (AvgIpc) is 2.30. The van der Waals surface area contributed by atoms with Gasteiger partial charge in [0, 0.05) is 16.7 Å². The summed E-state index contributed by atoms with van der Waals surface area (Å²) < 4.78 is 0. The van der Waals surface area contributed by atoms with Crippen molar-refractivity contribution in [3.63, 3.8) is 0 Å². The summed E-state index contributed by atoms with van der Waals surface area (Å²) in [6.07, 6.45) is 4.16. The molecule has 0 aliphatic rings. The Labute approximate surface area is 130 Å². The van der Waals surface area contributed by atoms with E-state index in [0.29, 0.717) is 11.5 Å². The van der Waals surface area contributed by atoms with Gasteiger partial charge in [0.25, 0.3) is 0 Å². The first-order chi connectivity index (χ1) is 9.50. The summed E-state index contributed by atoms with van der Waals surface area (Å²) in [5.74, 6) is 0.693. The molecule has 0 aliphatic heterocycles. The fraction of sp³-hybridized carbons (Fsp3) is 0.684. The molecule has 0 aliphatic carbocycles. The van der Waals surface area contributed by atoms with Crippen LogP contribution in [0.15, 0.2) is 6.07 Å². The van der Waals surface area contributed by atoms with Crippen molar-refractivity contribution in [2.75, 3.05) is 0 Å². The van der Waals surface area contributed by atoms with E-state index in [-0.39, 0.29) is 10.8 Å². The summed E-state index contributed by atoms with van der Waals surface area (Å²) in [7, 11) is 0. The number of phenolic OH excluding ortho intramolecular Hbond substituents is 2. The van der Waals surface area contributed by atoms with Gasteiger partial charge >= 0.3 is 0 Å². The van der Waals surface area contributed by atoms with Gasteiger partial charge in [-0.3, -0.25) is 0 Å². The van der Waals surface area contributed by atoms with Crippen LogP contribution in [0.5, 0.6) is 11.5 Å². The second kappa shape index (κ2) is 6.29. The van der Waals surface area contributed by atoms with Crippen molar-refractivity contribution in [1.29, 1.82) is 0 Å². The predicted octanol–water partition coefficient (Wildman–Crippen LogP) is 5.43. The molecular weight excluding hydrogens is 260 g/mol. The number of hydrogen-bond donors (Lipinski definition) is 2. The summed E-state index contributed by atoms with van der Waals surface area (Å²) in [6.45, 7) is 14.6. The Balaban J connectivity index is 3.48. The van der Waals surface area contributed by atoms with Crippen LogP contribution in [0.4, 0.5) is 0 Å². The van der Waals surface area contributed by atoms with Crippen LogP contribution in [0.1, 0.15) is 84.4 Å². The van der Waals surface area contributed by atoms with Crippen LogP contribution in [0.3, 0.4) is 0 Å². The Morgan fingerprint density at radius 1 is 0.905 bits per heavy atom. The van der Waals surface area contributed by atoms with E-state index in [2.05, 4.69) is 48.5 Å². The Hall–Kier alpha value is -1.18. The number of aromatic hydroxyl groups is 2. The Kier molecular flexibility index (Phi) is 5.35. The van der Waals surface area contributed by atoms with Crippen LogP contribution in [0.25, 0.3) is 0 Å². The van der Waals surface area contributed by atoms with E-state index in [1.165, 1.54) is 0 Å². The standard InChI is InChI=1S/C19H32O2/c1-8-9-10-11-13-16(19(5,6)7)15(20)12-14(17(13)21)18(2,3)4/h12,20-21H,8-11H2,1-7H3. The van der Waals surface area contributed by atoms with Crippen molar-refractivity contribution >= 4 is 0 Å². The molecule has 21 heavy (non-hydrogen) atoms. The summed E-state index contributed by atoms with van der Waals surface area (Å²) in [4.78, 5) is 0. The van der Waals surface area contributed by atoms with Gasteiger partial charge in [-0.1, -0.05) is 61.3 Å². The fourth-order valence-electron chi connectivity index (χ4n) is 2.92. The zero-order chi connectivity index (χ0) is 16.4. The molecule has 2 heteroatoms. The lowest BCUT2D eigenvalue weighted by Gasteiger charge is -2.29. The Morgan fingerprint density at radius 3 is 1.90 bits per heavy atom. The third-order valence-electron chi connectivity index (χ3n) is 3.97. The SMILES string of the molecule is CCCCCc1c(O)c(C(C)(C)C)cc(O)c1C(C)(C)C. The van der Waals surface area contributed by atoms with E-state index in [1.807, 2.05) is 0 Å². The second-order valence-electron chi connectivity index (χ2n) is 8.10. The van der Waals surface area contributed by atoms with Gasteiger partial charge in [0.15, 0.2) is 0 Å². The highest BCUT2D eigenvalue weighted by Gasteiger charge is 2.29. The van der Waals surface area contributed by atoms with Gasteiger partial charge in [-0.25, -0.2) is 0 Å². The highest BCUT2D eigenvalue weighted by atomic mass is 16.3. The lowest BCUT2D eigenvalue weighted by atomic mass is 9.77. The lowest BCUT2D eigenvalue weighted by Crippen LogP contribution is -2.18. The van der Waals surface area contributed by atoms with Crippen LogP contribution in [0, 0.1) is 0 Å². The number of phenols is 2.